The third-order valence-electron chi connectivity index (χ3n) is 1.43. The fourth-order valence-corrected chi connectivity index (χ4v) is 1.55. The van der Waals surface area contributed by atoms with E-state index >= 15 is 0 Å². The van der Waals surface area contributed by atoms with Crippen LogP contribution in [0.15, 0.2) is 12.7 Å². The van der Waals surface area contributed by atoms with E-state index in [9.17, 15) is 0 Å². The summed E-state index contributed by atoms with van der Waals surface area (Å²) in [7, 11) is 1.42. The van der Waals surface area contributed by atoms with E-state index in [0.29, 0.717) is 0 Å². The van der Waals surface area contributed by atoms with Crippen molar-refractivity contribution in [1.29, 1.82) is 0 Å². The zero-order valence-corrected chi connectivity index (χ0v) is 9.70. The first kappa shape index (κ1) is 11.8. The van der Waals surface area contributed by atoms with Crippen LogP contribution >= 0.6 is 30.4 Å². The molecule has 1 nitrogen and oxygen atoms in total. The minimum Gasteiger partial charge on any atom is -0.305 e. The van der Waals surface area contributed by atoms with Crippen LogP contribution in [-0.4, -0.2) is 6.61 Å². The van der Waals surface area contributed by atoms with Crippen molar-refractivity contribution in [3.63, 3.8) is 0 Å². The van der Waals surface area contributed by atoms with Crippen molar-refractivity contribution in [3.8, 4) is 0 Å². The molecular weight excluding hydrogens is 271 g/mol. The third-order valence-corrected chi connectivity index (χ3v) is 2.45. The summed E-state index contributed by atoms with van der Waals surface area (Å²) < 4.78 is 5.12. The number of halogens is 1. The minimum atomic E-state index is 0.891. The number of rotatable bonds is 8. The standard InChI is InChI=1S/C8H15IOS/c1-2-3-4-5-6-7-8-10-11-9/h2H,1,3-8H2. The first-order chi connectivity index (χ1) is 5.41. The molecule has 0 aromatic rings. The molecule has 0 aromatic carbocycles. The molecule has 0 unspecified atom stereocenters. The summed E-state index contributed by atoms with van der Waals surface area (Å²) in [5.74, 6) is 0. The molecule has 0 aliphatic carbocycles. The Kier molecular flexibility index (Phi) is 11.5. The first-order valence-corrected chi connectivity index (χ1v) is 7.21. The highest BCUT2D eigenvalue weighted by Gasteiger charge is 1.88. The Morgan fingerprint density at radius 3 is 2.64 bits per heavy atom. The molecule has 0 spiro atoms. The fourth-order valence-electron chi connectivity index (χ4n) is 0.835. The van der Waals surface area contributed by atoms with Gasteiger partial charge in [-0.15, -0.1) is 6.58 Å². The van der Waals surface area contributed by atoms with Gasteiger partial charge in [-0.05, 0) is 19.3 Å². The molecule has 0 rings (SSSR count). The molecule has 0 atom stereocenters. The molecule has 11 heavy (non-hydrogen) atoms. The third kappa shape index (κ3) is 10.8. The molecule has 0 N–H and O–H groups in total. The molecule has 0 aliphatic heterocycles. The summed E-state index contributed by atoms with van der Waals surface area (Å²) in [5, 5.41) is 0. The van der Waals surface area contributed by atoms with Crippen LogP contribution in [0.2, 0.25) is 0 Å². The lowest BCUT2D eigenvalue weighted by molar-refractivity contribution is 0.361. The summed E-state index contributed by atoms with van der Waals surface area (Å²) in [6, 6.07) is 0. The highest BCUT2D eigenvalue weighted by molar-refractivity contribution is 14.2. The molecule has 0 aliphatic rings. The summed E-state index contributed by atoms with van der Waals surface area (Å²) in [6.45, 7) is 4.57. The topological polar surface area (TPSA) is 9.23 Å². The molecule has 3 heteroatoms. The molecule has 0 bridgehead atoms. The van der Waals surface area contributed by atoms with Gasteiger partial charge in [-0.3, -0.25) is 0 Å². The van der Waals surface area contributed by atoms with Crippen LogP contribution in [-0.2, 0) is 4.18 Å². The van der Waals surface area contributed by atoms with Gasteiger partial charge in [0.15, 0.2) is 0 Å². The number of hydrogen-bond donors (Lipinski definition) is 0. The molecular formula is C8H15IOS. The lowest BCUT2D eigenvalue weighted by atomic mass is 10.1. The smallest absolute Gasteiger partial charge is 0.0650 e. The first-order valence-electron chi connectivity index (χ1n) is 3.93. The Morgan fingerprint density at radius 2 is 2.00 bits per heavy atom. The largest absolute Gasteiger partial charge is 0.305 e. The Morgan fingerprint density at radius 1 is 1.27 bits per heavy atom. The molecule has 0 amide bonds. The number of allylic oxidation sites excluding steroid dienone is 1. The van der Waals surface area contributed by atoms with Crippen LogP contribution < -0.4 is 0 Å². The SMILES string of the molecule is C=CCCCCCCOSI. The fraction of sp³-hybridized carbons (Fsp3) is 0.750. The van der Waals surface area contributed by atoms with Gasteiger partial charge in [0, 0.05) is 21.2 Å². The van der Waals surface area contributed by atoms with Gasteiger partial charge in [-0.2, -0.15) is 0 Å². The van der Waals surface area contributed by atoms with E-state index in [-0.39, 0.29) is 0 Å². The number of hydrogen-bond acceptors (Lipinski definition) is 2. The van der Waals surface area contributed by atoms with Crippen molar-refractivity contribution in [1.82, 2.24) is 0 Å². The van der Waals surface area contributed by atoms with Gasteiger partial charge in [0.05, 0.1) is 15.8 Å². The van der Waals surface area contributed by atoms with E-state index < -0.39 is 0 Å². The van der Waals surface area contributed by atoms with Crippen LogP contribution in [0.1, 0.15) is 32.1 Å². The van der Waals surface area contributed by atoms with E-state index in [1.807, 2.05) is 6.08 Å². The molecule has 0 aromatic heterocycles. The van der Waals surface area contributed by atoms with E-state index in [4.69, 9.17) is 4.18 Å². The van der Waals surface area contributed by atoms with Crippen molar-refractivity contribution >= 4 is 30.4 Å². The molecule has 0 radical (unpaired) electrons. The maximum absolute atomic E-state index is 5.12. The van der Waals surface area contributed by atoms with Crippen molar-refractivity contribution in [3.05, 3.63) is 12.7 Å². The summed E-state index contributed by atoms with van der Waals surface area (Å²) in [5.41, 5.74) is 0. The molecule has 0 saturated carbocycles. The summed E-state index contributed by atoms with van der Waals surface area (Å²) in [4.78, 5) is 0. The maximum Gasteiger partial charge on any atom is 0.0650 e. The maximum atomic E-state index is 5.12. The van der Waals surface area contributed by atoms with Crippen molar-refractivity contribution < 1.29 is 4.18 Å². The normalized spacial score (nSPS) is 9.91. The molecule has 66 valence electrons. The highest BCUT2D eigenvalue weighted by atomic mass is 127. The minimum absolute atomic E-state index is 0.891. The van der Waals surface area contributed by atoms with Crippen LogP contribution in [0.4, 0.5) is 0 Å². The van der Waals surface area contributed by atoms with Gasteiger partial charge in [-0.25, -0.2) is 0 Å². The van der Waals surface area contributed by atoms with Crippen molar-refractivity contribution in [2.24, 2.45) is 0 Å². The summed E-state index contributed by atoms with van der Waals surface area (Å²) >= 11 is 2.14. The van der Waals surface area contributed by atoms with Crippen LogP contribution in [0.5, 0.6) is 0 Å². The predicted octanol–water partition coefficient (Wildman–Crippen LogP) is 4.14. The average molecular weight is 286 g/mol. The molecule has 0 saturated heterocycles. The quantitative estimate of drug-likeness (QED) is 0.287. The Bertz CT molecular complexity index is 88.2. The predicted molar refractivity (Wildman–Crippen MR) is 60.8 cm³/mol. The zero-order chi connectivity index (χ0) is 8.36. The van der Waals surface area contributed by atoms with Gasteiger partial charge in [0.2, 0.25) is 0 Å². The van der Waals surface area contributed by atoms with E-state index in [0.717, 1.165) is 13.0 Å². The molecule has 0 fully saturated rings. The van der Waals surface area contributed by atoms with Gasteiger partial charge in [-0.1, -0.05) is 18.9 Å². The van der Waals surface area contributed by atoms with Gasteiger partial charge in [0.25, 0.3) is 0 Å². The second-order valence-electron chi connectivity index (χ2n) is 2.38. The van der Waals surface area contributed by atoms with E-state index in [1.165, 1.54) is 34.9 Å². The zero-order valence-electron chi connectivity index (χ0n) is 6.72. The van der Waals surface area contributed by atoms with Crippen molar-refractivity contribution in [2.75, 3.05) is 6.61 Å². The Hall–Kier alpha value is 0.780. The van der Waals surface area contributed by atoms with Crippen LogP contribution in [0, 0.1) is 0 Å². The average Bonchev–Trinajstić information content (AvgIpc) is 2.03. The monoisotopic (exact) mass is 286 g/mol. The second kappa shape index (κ2) is 10.8. The highest BCUT2D eigenvalue weighted by Crippen LogP contribution is 2.13. The lowest BCUT2D eigenvalue weighted by Crippen LogP contribution is -1.85. The van der Waals surface area contributed by atoms with Gasteiger partial charge < -0.3 is 4.18 Å². The molecule has 0 heterocycles. The number of unbranched alkanes of at least 4 members (excludes halogenated alkanes) is 4. The second-order valence-corrected chi connectivity index (χ2v) is 3.82. The van der Waals surface area contributed by atoms with Gasteiger partial charge >= 0.3 is 0 Å². The Balaban J connectivity index is 2.74. The van der Waals surface area contributed by atoms with E-state index in [2.05, 4.69) is 27.8 Å². The van der Waals surface area contributed by atoms with Gasteiger partial charge in [0.1, 0.15) is 0 Å². The van der Waals surface area contributed by atoms with Crippen molar-refractivity contribution in [2.45, 2.75) is 32.1 Å². The Labute approximate surface area is 85.8 Å². The van der Waals surface area contributed by atoms with E-state index in [1.54, 1.807) is 0 Å². The summed E-state index contributed by atoms with van der Waals surface area (Å²) in [6.07, 6.45) is 8.19. The lowest BCUT2D eigenvalue weighted by Gasteiger charge is -1.98. The van der Waals surface area contributed by atoms with Crippen LogP contribution in [0.3, 0.4) is 0 Å². The van der Waals surface area contributed by atoms with Crippen LogP contribution in [0.25, 0.3) is 0 Å².